The lowest BCUT2D eigenvalue weighted by Gasteiger charge is -2.40. The summed E-state index contributed by atoms with van der Waals surface area (Å²) in [5.41, 5.74) is 5.44. The minimum atomic E-state index is -0.833. The van der Waals surface area contributed by atoms with Crippen molar-refractivity contribution in [3.8, 4) is 0 Å². The molecule has 9 nitrogen and oxygen atoms in total. The third kappa shape index (κ3) is 6.76. The zero-order chi connectivity index (χ0) is 23.1. The van der Waals surface area contributed by atoms with Crippen molar-refractivity contribution in [2.75, 3.05) is 13.6 Å². The molecule has 1 saturated heterocycles. The van der Waals surface area contributed by atoms with Crippen LogP contribution in [0.4, 0.5) is 0 Å². The van der Waals surface area contributed by atoms with Gasteiger partial charge in [-0.2, -0.15) is 0 Å². The molecule has 1 aliphatic heterocycles. The molecular formula is C21H33N5O4S. The van der Waals surface area contributed by atoms with Gasteiger partial charge < -0.3 is 26.6 Å². The molecule has 0 radical (unpaired) electrons. The molecule has 31 heavy (non-hydrogen) atoms. The van der Waals surface area contributed by atoms with Gasteiger partial charge in [-0.3, -0.25) is 19.2 Å². The van der Waals surface area contributed by atoms with Gasteiger partial charge in [0, 0.05) is 17.5 Å². The number of nitrogens with one attached hydrogen (secondary N) is 3. The highest BCUT2D eigenvalue weighted by molar-refractivity contribution is 7.10. The summed E-state index contributed by atoms with van der Waals surface area (Å²) in [5.74, 6) is -1.57. The largest absolute Gasteiger partial charge is 0.368 e. The highest BCUT2D eigenvalue weighted by Gasteiger charge is 2.39. The van der Waals surface area contributed by atoms with Gasteiger partial charge in [0.1, 0.15) is 12.1 Å². The average Bonchev–Trinajstić information content (AvgIpc) is 3.22. The van der Waals surface area contributed by atoms with E-state index in [1.165, 1.54) is 16.2 Å². The third-order valence-electron chi connectivity index (χ3n) is 5.54. The van der Waals surface area contributed by atoms with Crippen LogP contribution in [-0.4, -0.2) is 66.3 Å². The number of hydrogen-bond donors (Lipinski definition) is 4. The van der Waals surface area contributed by atoms with Crippen LogP contribution in [0.2, 0.25) is 0 Å². The number of carbonyl (C=O) groups excluding carboxylic acids is 4. The fraction of sp³-hybridized carbons (Fsp3) is 0.619. The molecule has 1 aromatic heterocycles. The number of nitrogens with zero attached hydrogens (tertiary/aromatic N) is 1. The van der Waals surface area contributed by atoms with Crippen LogP contribution in [-0.2, 0) is 25.6 Å². The predicted octanol–water partition coefficient (Wildman–Crippen LogP) is 0.000400. The standard InChI is InChI=1S/C21H33N5O4S/c1-12(2)18(19(22)28)25-20(29)16-10-14(7-8-26(16)21(30)13(3)23-4)24-17(27)11-15-6-5-9-31-15/h5-6,9,12-14,16,18,23H,7-8,10-11H2,1-4H3,(H2,22,28)(H,24,27)(H,25,29)/t13-,14-,16-,18+/m0/s1. The second-order valence-electron chi connectivity index (χ2n) is 8.24. The Balaban J connectivity index is 2.13. The molecule has 0 unspecified atom stereocenters. The van der Waals surface area contributed by atoms with Gasteiger partial charge >= 0.3 is 0 Å². The van der Waals surface area contributed by atoms with Gasteiger partial charge in [-0.1, -0.05) is 19.9 Å². The summed E-state index contributed by atoms with van der Waals surface area (Å²) in [6, 6.07) is 1.45. The number of piperidine rings is 1. The van der Waals surface area contributed by atoms with Crippen LogP contribution in [0.25, 0.3) is 0 Å². The number of hydrogen-bond acceptors (Lipinski definition) is 6. The van der Waals surface area contributed by atoms with Crippen molar-refractivity contribution >= 4 is 35.0 Å². The Hall–Kier alpha value is -2.46. The highest BCUT2D eigenvalue weighted by atomic mass is 32.1. The summed E-state index contributed by atoms with van der Waals surface area (Å²) >= 11 is 1.51. The Morgan fingerprint density at radius 1 is 1.26 bits per heavy atom. The summed E-state index contributed by atoms with van der Waals surface area (Å²) in [4.78, 5) is 52.6. The second kappa shape index (κ2) is 11.2. The monoisotopic (exact) mass is 451 g/mol. The van der Waals surface area contributed by atoms with Crippen LogP contribution in [0.1, 0.15) is 38.5 Å². The van der Waals surface area contributed by atoms with Crippen LogP contribution in [0.15, 0.2) is 17.5 Å². The molecule has 4 amide bonds. The van der Waals surface area contributed by atoms with Crippen molar-refractivity contribution in [1.29, 1.82) is 0 Å². The molecule has 10 heteroatoms. The van der Waals surface area contributed by atoms with Crippen molar-refractivity contribution in [3.63, 3.8) is 0 Å². The highest BCUT2D eigenvalue weighted by Crippen LogP contribution is 2.20. The lowest BCUT2D eigenvalue weighted by molar-refractivity contribution is -0.145. The Bertz CT molecular complexity index is 783. The molecule has 1 aromatic rings. The Morgan fingerprint density at radius 3 is 2.52 bits per heavy atom. The fourth-order valence-electron chi connectivity index (χ4n) is 3.65. The third-order valence-corrected chi connectivity index (χ3v) is 6.42. The van der Waals surface area contributed by atoms with Crippen LogP contribution in [0.3, 0.4) is 0 Å². The van der Waals surface area contributed by atoms with Gasteiger partial charge in [0.25, 0.3) is 0 Å². The van der Waals surface area contributed by atoms with Gasteiger partial charge in [-0.15, -0.1) is 11.3 Å². The summed E-state index contributed by atoms with van der Waals surface area (Å²) in [5, 5.41) is 10.5. The molecular weight excluding hydrogens is 418 g/mol. The van der Waals surface area contributed by atoms with E-state index in [1.807, 2.05) is 17.5 Å². The lowest BCUT2D eigenvalue weighted by Crippen LogP contribution is -2.62. The van der Waals surface area contributed by atoms with Crippen molar-refractivity contribution in [3.05, 3.63) is 22.4 Å². The fourth-order valence-corrected chi connectivity index (χ4v) is 4.35. The number of carbonyl (C=O) groups is 4. The molecule has 0 saturated carbocycles. The maximum atomic E-state index is 13.1. The minimum Gasteiger partial charge on any atom is -0.368 e. The van der Waals surface area contributed by atoms with Gasteiger partial charge in [0.15, 0.2) is 0 Å². The number of likely N-dealkylation sites (tertiary alicyclic amines) is 1. The molecule has 5 N–H and O–H groups in total. The number of likely N-dealkylation sites (N-methyl/N-ethyl adjacent to an activating group) is 1. The van der Waals surface area contributed by atoms with E-state index in [0.717, 1.165) is 4.88 Å². The quantitative estimate of drug-likeness (QED) is 0.419. The topological polar surface area (TPSA) is 134 Å². The van der Waals surface area contributed by atoms with Crippen LogP contribution in [0.5, 0.6) is 0 Å². The smallest absolute Gasteiger partial charge is 0.243 e. The average molecular weight is 452 g/mol. The molecule has 0 aromatic carbocycles. The SMILES string of the molecule is CN[C@@H](C)C(=O)N1CC[C@H](NC(=O)Cc2cccs2)C[C@H]1C(=O)N[C@@H](C(N)=O)C(C)C. The first kappa shape index (κ1) is 24.8. The van der Waals surface area contributed by atoms with Crippen LogP contribution >= 0.6 is 11.3 Å². The first-order valence-electron chi connectivity index (χ1n) is 10.5. The first-order valence-corrected chi connectivity index (χ1v) is 11.4. The second-order valence-corrected chi connectivity index (χ2v) is 9.27. The molecule has 0 aliphatic carbocycles. The van der Waals surface area contributed by atoms with Crippen molar-refractivity contribution in [1.82, 2.24) is 20.9 Å². The molecule has 1 aliphatic rings. The molecule has 1 fully saturated rings. The van der Waals surface area contributed by atoms with Crippen LogP contribution < -0.4 is 21.7 Å². The Labute approximate surface area is 187 Å². The van der Waals surface area contributed by atoms with E-state index in [1.54, 1.807) is 27.8 Å². The summed E-state index contributed by atoms with van der Waals surface area (Å²) in [6.45, 7) is 5.63. The summed E-state index contributed by atoms with van der Waals surface area (Å²) in [7, 11) is 1.68. The number of amides is 4. The van der Waals surface area contributed by atoms with E-state index in [2.05, 4.69) is 16.0 Å². The zero-order valence-electron chi connectivity index (χ0n) is 18.5. The molecule has 4 atom stereocenters. The normalized spacial score (nSPS) is 20.7. The van der Waals surface area contributed by atoms with E-state index in [4.69, 9.17) is 5.73 Å². The Kier molecular flexibility index (Phi) is 9.00. The summed E-state index contributed by atoms with van der Waals surface area (Å²) in [6.07, 6.45) is 1.10. The Morgan fingerprint density at radius 2 is 1.97 bits per heavy atom. The maximum Gasteiger partial charge on any atom is 0.243 e. The maximum absolute atomic E-state index is 13.1. The van der Waals surface area contributed by atoms with Crippen LogP contribution in [0, 0.1) is 5.92 Å². The molecule has 0 spiro atoms. The van der Waals surface area contributed by atoms with Gasteiger partial charge in [0.05, 0.1) is 12.5 Å². The molecule has 172 valence electrons. The van der Waals surface area contributed by atoms with Crippen molar-refractivity contribution in [2.45, 2.75) is 64.2 Å². The van der Waals surface area contributed by atoms with Gasteiger partial charge in [-0.05, 0) is 44.2 Å². The molecule has 2 rings (SSSR count). The molecule has 2 heterocycles. The molecule has 0 bridgehead atoms. The number of nitrogens with two attached hydrogens (primary N) is 1. The number of rotatable bonds is 9. The van der Waals surface area contributed by atoms with Gasteiger partial charge in [0.2, 0.25) is 23.6 Å². The zero-order valence-corrected chi connectivity index (χ0v) is 19.3. The lowest BCUT2D eigenvalue weighted by atomic mass is 9.94. The first-order chi connectivity index (χ1) is 14.6. The number of primary amides is 1. The van der Waals surface area contributed by atoms with Gasteiger partial charge in [-0.25, -0.2) is 0 Å². The number of thiophene rings is 1. The predicted molar refractivity (Wildman–Crippen MR) is 119 cm³/mol. The van der Waals surface area contributed by atoms with E-state index in [-0.39, 0.29) is 36.6 Å². The van der Waals surface area contributed by atoms with Crippen molar-refractivity contribution in [2.24, 2.45) is 11.7 Å². The van der Waals surface area contributed by atoms with E-state index >= 15 is 0 Å². The van der Waals surface area contributed by atoms with E-state index in [9.17, 15) is 19.2 Å². The van der Waals surface area contributed by atoms with E-state index in [0.29, 0.717) is 13.0 Å². The van der Waals surface area contributed by atoms with Crippen molar-refractivity contribution < 1.29 is 19.2 Å². The summed E-state index contributed by atoms with van der Waals surface area (Å²) < 4.78 is 0. The van der Waals surface area contributed by atoms with E-state index < -0.39 is 29.9 Å². The minimum absolute atomic E-state index is 0.118.